The van der Waals surface area contributed by atoms with Crippen LogP contribution in [0, 0.1) is 0 Å². The second kappa shape index (κ2) is 7.34. The minimum atomic E-state index is -0.961. The van der Waals surface area contributed by atoms with Crippen molar-refractivity contribution >= 4 is 17.6 Å². The molecular formula is C24H27N5O2. The molecule has 3 amide bonds. The van der Waals surface area contributed by atoms with E-state index in [-0.39, 0.29) is 17.4 Å². The minimum Gasteiger partial charge on any atom is -0.305 e. The van der Waals surface area contributed by atoms with Crippen LogP contribution in [0.1, 0.15) is 45.7 Å². The molecule has 0 spiro atoms. The van der Waals surface area contributed by atoms with Crippen LogP contribution in [-0.4, -0.2) is 37.6 Å². The fourth-order valence-electron chi connectivity index (χ4n) is 3.74. The summed E-state index contributed by atoms with van der Waals surface area (Å²) in [5.41, 5.74) is 3.19. The third-order valence-corrected chi connectivity index (χ3v) is 5.76. The Morgan fingerprint density at radius 2 is 1.71 bits per heavy atom. The lowest BCUT2D eigenvalue weighted by atomic mass is 9.87. The first-order valence-electron chi connectivity index (χ1n) is 10.3. The maximum absolute atomic E-state index is 13.3. The number of carbonyl (C=O) groups is 2. The van der Waals surface area contributed by atoms with Crippen LogP contribution in [0.25, 0.3) is 11.4 Å². The standard InChI is InChI=1S/C24H27N5O2/c1-23(2,3)17-6-8-18(9-7-17)29-21(30)24(4,5)28(22(29)31)15-16-10-12-25-20(14-16)19-11-13-26-27-19/h6-14H,15H2,1-5H3,(H,26,27). The van der Waals surface area contributed by atoms with E-state index in [1.807, 2.05) is 42.5 Å². The smallest absolute Gasteiger partial charge is 0.305 e. The van der Waals surface area contributed by atoms with Gasteiger partial charge in [-0.3, -0.25) is 14.9 Å². The second-order valence-electron chi connectivity index (χ2n) is 9.38. The van der Waals surface area contributed by atoms with Gasteiger partial charge < -0.3 is 4.90 Å². The van der Waals surface area contributed by atoms with Crippen LogP contribution in [0.4, 0.5) is 10.5 Å². The average molecular weight is 418 g/mol. The molecule has 0 bridgehead atoms. The van der Waals surface area contributed by atoms with Gasteiger partial charge in [0.25, 0.3) is 5.91 Å². The van der Waals surface area contributed by atoms with Crippen molar-refractivity contribution in [2.45, 2.75) is 52.1 Å². The molecule has 0 unspecified atom stereocenters. The summed E-state index contributed by atoms with van der Waals surface area (Å²) in [6.45, 7) is 10.3. The van der Waals surface area contributed by atoms with E-state index in [9.17, 15) is 9.59 Å². The fraction of sp³-hybridized carbons (Fsp3) is 0.333. The van der Waals surface area contributed by atoms with E-state index in [1.165, 1.54) is 4.90 Å². The van der Waals surface area contributed by atoms with Gasteiger partial charge in [0.15, 0.2) is 0 Å². The van der Waals surface area contributed by atoms with Crippen molar-refractivity contribution in [2.24, 2.45) is 0 Å². The number of aromatic nitrogens is 3. The number of hydrogen-bond acceptors (Lipinski definition) is 4. The fourth-order valence-corrected chi connectivity index (χ4v) is 3.74. The number of carbonyl (C=O) groups excluding carboxylic acids is 2. The molecule has 1 aromatic carbocycles. The van der Waals surface area contributed by atoms with Gasteiger partial charge in [-0.15, -0.1) is 0 Å². The summed E-state index contributed by atoms with van der Waals surface area (Å²) in [4.78, 5) is 33.8. The molecule has 1 aliphatic rings. The normalized spacial score (nSPS) is 16.3. The Kier molecular flexibility index (Phi) is 4.92. The molecule has 160 valence electrons. The van der Waals surface area contributed by atoms with Crippen LogP contribution >= 0.6 is 0 Å². The molecule has 3 aromatic rings. The maximum atomic E-state index is 13.3. The number of nitrogens with zero attached hydrogens (tertiary/aromatic N) is 4. The van der Waals surface area contributed by atoms with Crippen molar-refractivity contribution < 1.29 is 9.59 Å². The number of aromatic amines is 1. The summed E-state index contributed by atoms with van der Waals surface area (Å²) in [7, 11) is 0. The lowest BCUT2D eigenvalue weighted by molar-refractivity contribution is -0.123. The number of hydrogen-bond donors (Lipinski definition) is 1. The number of anilines is 1. The summed E-state index contributed by atoms with van der Waals surface area (Å²) >= 11 is 0. The number of H-pyrrole nitrogens is 1. The Hall–Kier alpha value is -3.48. The van der Waals surface area contributed by atoms with Gasteiger partial charge in [0.2, 0.25) is 0 Å². The molecule has 31 heavy (non-hydrogen) atoms. The Labute approximate surface area is 182 Å². The molecule has 0 atom stereocenters. The van der Waals surface area contributed by atoms with Crippen LogP contribution < -0.4 is 4.90 Å². The second-order valence-corrected chi connectivity index (χ2v) is 9.38. The van der Waals surface area contributed by atoms with E-state index in [1.54, 1.807) is 31.1 Å². The summed E-state index contributed by atoms with van der Waals surface area (Å²) in [5.74, 6) is -0.233. The van der Waals surface area contributed by atoms with Crippen molar-refractivity contribution in [1.82, 2.24) is 20.1 Å². The van der Waals surface area contributed by atoms with Gasteiger partial charge in [-0.25, -0.2) is 9.69 Å². The number of nitrogens with one attached hydrogen (secondary N) is 1. The van der Waals surface area contributed by atoms with E-state index in [4.69, 9.17) is 0 Å². The number of imide groups is 1. The van der Waals surface area contributed by atoms with Gasteiger partial charge >= 0.3 is 6.03 Å². The minimum absolute atomic E-state index is 0.00340. The molecular weight excluding hydrogens is 390 g/mol. The first-order chi connectivity index (χ1) is 14.6. The molecule has 7 nitrogen and oxygen atoms in total. The first kappa shape index (κ1) is 20.8. The number of rotatable bonds is 4. The van der Waals surface area contributed by atoms with Crippen molar-refractivity contribution in [3.05, 3.63) is 66.0 Å². The summed E-state index contributed by atoms with van der Waals surface area (Å²) in [6, 6.07) is 12.9. The van der Waals surface area contributed by atoms with E-state index < -0.39 is 5.54 Å². The monoisotopic (exact) mass is 417 g/mol. The Morgan fingerprint density at radius 3 is 2.32 bits per heavy atom. The van der Waals surface area contributed by atoms with Crippen molar-refractivity contribution in [3.8, 4) is 11.4 Å². The van der Waals surface area contributed by atoms with Gasteiger partial charge in [0, 0.05) is 18.9 Å². The molecule has 1 N–H and O–H groups in total. The quantitative estimate of drug-likeness (QED) is 0.633. The van der Waals surface area contributed by atoms with Crippen LogP contribution in [0.15, 0.2) is 54.9 Å². The number of pyridine rings is 1. The predicted molar refractivity (Wildman–Crippen MR) is 119 cm³/mol. The number of amides is 3. The summed E-state index contributed by atoms with van der Waals surface area (Å²) < 4.78 is 0. The average Bonchev–Trinajstić information content (AvgIpc) is 3.31. The highest BCUT2D eigenvalue weighted by Crippen LogP contribution is 2.34. The molecule has 0 saturated carbocycles. The Morgan fingerprint density at radius 1 is 1.00 bits per heavy atom. The van der Waals surface area contributed by atoms with Crippen LogP contribution in [0.2, 0.25) is 0 Å². The molecule has 3 heterocycles. The van der Waals surface area contributed by atoms with Gasteiger partial charge in [0.05, 0.1) is 17.1 Å². The van der Waals surface area contributed by atoms with Crippen LogP contribution in [0.5, 0.6) is 0 Å². The number of urea groups is 1. The topological polar surface area (TPSA) is 82.2 Å². The molecule has 1 fully saturated rings. The zero-order valence-electron chi connectivity index (χ0n) is 18.5. The zero-order chi connectivity index (χ0) is 22.4. The molecule has 4 rings (SSSR count). The van der Waals surface area contributed by atoms with Crippen LogP contribution in [-0.2, 0) is 16.8 Å². The van der Waals surface area contributed by atoms with E-state index in [0.29, 0.717) is 12.2 Å². The molecule has 0 radical (unpaired) electrons. The SMILES string of the molecule is CC(C)(C)c1ccc(N2C(=O)N(Cc3ccnc(-c4ccn[nH]4)c3)C(C)(C)C2=O)cc1. The van der Waals surface area contributed by atoms with Crippen molar-refractivity contribution in [3.63, 3.8) is 0 Å². The van der Waals surface area contributed by atoms with Gasteiger partial charge in [0.1, 0.15) is 5.54 Å². The Bertz CT molecular complexity index is 1110. The third kappa shape index (κ3) is 3.71. The summed E-state index contributed by atoms with van der Waals surface area (Å²) in [6.07, 6.45) is 3.36. The zero-order valence-corrected chi connectivity index (χ0v) is 18.5. The largest absolute Gasteiger partial charge is 0.332 e. The lowest BCUT2D eigenvalue weighted by Gasteiger charge is -2.27. The highest BCUT2D eigenvalue weighted by Gasteiger charge is 2.51. The highest BCUT2D eigenvalue weighted by molar-refractivity contribution is 6.22. The van der Waals surface area contributed by atoms with Gasteiger partial charge in [-0.1, -0.05) is 32.9 Å². The third-order valence-electron chi connectivity index (χ3n) is 5.76. The lowest BCUT2D eigenvalue weighted by Crippen LogP contribution is -2.43. The summed E-state index contributed by atoms with van der Waals surface area (Å²) in [5, 5.41) is 6.85. The van der Waals surface area contributed by atoms with Crippen molar-refractivity contribution in [1.29, 1.82) is 0 Å². The molecule has 7 heteroatoms. The molecule has 0 aliphatic carbocycles. The van der Waals surface area contributed by atoms with Crippen molar-refractivity contribution in [2.75, 3.05) is 4.90 Å². The van der Waals surface area contributed by atoms with E-state index >= 15 is 0 Å². The van der Waals surface area contributed by atoms with E-state index in [2.05, 4.69) is 36.0 Å². The molecule has 1 aliphatic heterocycles. The number of benzene rings is 1. The maximum Gasteiger partial charge on any atom is 0.332 e. The first-order valence-corrected chi connectivity index (χ1v) is 10.3. The highest BCUT2D eigenvalue weighted by atomic mass is 16.2. The molecule has 2 aromatic heterocycles. The van der Waals surface area contributed by atoms with E-state index in [0.717, 1.165) is 22.5 Å². The van der Waals surface area contributed by atoms with Gasteiger partial charge in [-0.05, 0) is 60.7 Å². The molecule has 1 saturated heterocycles. The predicted octanol–water partition coefficient (Wildman–Crippen LogP) is 4.52. The van der Waals surface area contributed by atoms with Gasteiger partial charge in [-0.2, -0.15) is 5.10 Å². The Balaban J connectivity index is 1.62. The van der Waals surface area contributed by atoms with Crippen LogP contribution in [0.3, 0.4) is 0 Å².